The highest BCUT2D eigenvalue weighted by molar-refractivity contribution is 5.97. The molecule has 1 fully saturated rings. The Morgan fingerprint density at radius 3 is 2.78 bits per heavy atom. The summed E-state index contributed by atoms with van der Waals surface area (Å²) in [6.07, 6.45) is 0. The van der Waals surface area contributed by atoms with Crippen LogP contribution in [0.3, 0.4) is 0 Å². The van der Waals surface area contributed by atoms with Crippen LogP contribution in [0.4, 0.5) is 11.4 Å². The number of nitrogens with zero attached hydrogens (tertiary/aromatic N) is 2. The fourth-order valence-corrected chi connectivity index (χ4v) is 2.12. The number of para-hydroxylation sites is 2. The van der Waals surface area contributed by atoms with Gasteiger partial charge in [0.2, 0.25) is 5.91 Å². The molecule has 2 rings (SSSR count). The first-order valence-corrected chi connectivity index (χ1v) is 6.12. The molecule has 0 spiro atoms. The van der Waals surface area contributed by atoms with Crippen molar-refractivity contribution in [1.82, 2.24) is 9.80 Å². The third kappa shape index (κ3) is 2.80. The molecule has 0 radical (unpaired) electrons. The molecule has 0 bridgehead atoms. The molecule has 1 amide bonds. The second-order valence-corrected chi connectivity index (χ2v) is 4.84. The fourth-order valence-electron chi connectivity index (χ4n) is 2.12. The van der Waals surface area contributed by atoms with E-state index in [1.165, 1.54) is 0 Å². The van der Waals surface area contributed by atoms with Gasteiger partial charge >= 0.3 is 0 Å². The van der Waals surface area contributed by atoms with Gasteiger partial charge in [-0.15, -0.1) is 0 Å². The summed E-state index contributed by atoms with van der Waals surface area (Å²) in [7, 11) is 4.01. The molecule has 1 aliphatic rings. The lowest BCUT2D eigenvalue weighted by atomic mass is 10.1. The fraction of sp³-hybridized carbons (Fsp3) is 0.462. The second-order valence-electron chi connectivity index (χ2n) is 4.84. The number of hydrogen-bond acceptors (Lipinski definition) is 4. The third-order valence-electron chi connectivity index (χ3n) is 3.37. The summed E-state index contributed by atoms with van der Waals surface area (Å²) in [5.41, 5.74) is 7.10. The molecule has 98 valence electrons. The van der Waals surface area contributed by atoms with E-state index in [-0.39, 0.29) is 11.9 Å². The van der Waals surface area contributed by atoms with E-state index >= 15 is 0 Å². The maximum absolute atomic E-state index is 12.2. The first kappa shape index (κ1) is 12.9. The zero-order chi connectivity index (χ0) is 13.1. The molecule has 18 heavy (non-hydrogen) atoms. The number of hydrogen-bond donors (Lipinski definition) is 2. The van der Waals surface area contributed by atoms with Crippen molar-refractivity contribution in [3.05, 3.63) is 24.3 Å². The van der Waals surface area contributed by atoms with E-state index in [9.17, 15) is 4.79 Å². The second kappa shape index (κ2) is 5.37. The Morgan fingerprint density at radius 1 is 1.33 bits per heavy atom. The Bertz CT molecular complexity index is 435. The maximum Gasteiger partial charge on any atom is 0.243 e. The van der Waals surface area contributed by atoms with Gasteiger partial charge in [-0.1, -0.05) is 12.1 Å². The Kier molecular flexibility index (Phi) is 3.84. The summed E-state index contributed by atoms with van der Waals surface area (Å²) >= 11 is 0. The normalized spacial score (nSPS) is 21.8. The highest BCUT2D eigenvalue weighted by Gasteiger charge is 2.28. The van der Waals surface area contributed by atoms with Gasteiger partial charge in [0.15, 0.2) is 0 Å². The summed E-state index contributed by atoms with van der Waals surface area (Å²) in [6, 6.07) is 7.20. The van der Waals surface area contributed by atoms with Crippen LogP contribution < -0.4 is 11.1 Å². The summed E-state index contributed by atoms with van der Waals surface area (Å²) in [5, 5.41) is 2.90. The molecule has 0 aromatic heterocycles. The van der Waals surface area contributed by atoms with E-state index in [2.05, 4.69) is 15.1 Å². The summed E-state index contributed by atoms with van der Waals surface area (Å²) < 4.78 is 0. The van der Waals surface area contributed by atoms with E-state index in [4.69, 9.17) is 5.73 Å². The highest BCUT2D eigenvalue weighted by atomic mass is 16.2. The van der Waals surface area contributed by atoms with Gasteiger partial charge in [-0.3, -0.25) is 9.69 Å². The van der Waals surface area contributed by atoms with E-state index in [0.29, 0.717) is 11.4 Å². The minimum Gasteiger partial charge on any atom is -0.397 e. The average molecular weight is 248 g/mol. The number of benzene rings is 1. The average Bonchev–Trinajstić information content (AvgIpc) is 2.35. The minimum atomic E-state index is -0.122. The van der Waals surface area contributed by atoms with Crippen LogP contribution in [0.15, 0.2) is 24.3 Å². The van der Waals surface area contributed by atoms with Gasteiger partial charge < -0.3 is 16.0 Å². The molecular weight excluding hydrogens is 228 g/mol. The molecule has 5 heteroatoms. The van der Waals surface area contributed by atoms with Crippen LogP contribution in [0.5, 0.6) is 0 Å². The Morgan fingerprint density at radius 2 is 2.06 bits per heavy atom. The third-order valence-corrected chi connectivity index (χ3v) is 3.37. The van der Waals surface area contributed by atoms with Crippen LogP contribution in [0, 0.1) is 0 Å². The maximum atomic E-state index is 12.2. The van der Waals surface area contributed by atoms with Crippen molar-refractivity contribution in [3.63, 3.8) is 0 Å². The molecular formula is C13H20N4O. The topological polar surface area (TPSA) is 61.6 Å². The van der Waals surface area contributed by atoms with Crippen LogP contribution in [0.1, 0.15) is 0 Å². The molecule has 1 atom stereocenters. The summed E-state index contributed by atoms with van der Waals surface area (Å²) in [5.74, 6) is 0.00181. The van der Waals surface area contributed by atoms with E-state index in [1.807, 2.05) is 32.3 Å². The number of nitrogens with two attached hydrogens (primary N) is 1. The van der Waals surface area contributed by atoms with Crippen LogP contribution in [0.25, 0.3) is 0 Å². The van der Waals surface area contributed by atoms with Gasteiger partial charge in [0.1, 0.15) is 6.04 Å². The number of nitrogens with one attached hydrogen (secondary N) is 1. The van der Waals surface area contributed by atoms with Gasteiger partial charge in [0.05, 0.1) is 11.4 Å². The van der Waals surface area contributed by atoms with E-state index < -0.39 is 0 Å². The van der Waals surface area contributed by atoms with Crippen molar-refractivity contribution < 1.29 is 4.79 Å². The molecule has 1 aromatic carbocycles. The Labute approximate surface area is 108 Å². The lowest BCUT2D eigenvalue weighted by Crippen LogP contribution is -2.55. The number of rotatable bonds is 2. The SMILES string of the molecule is CN1CCN(C)C(C(=O)Nc2ccccc2N)C1. The number of nitrogen functional groups attached to an aromatic ring is 1. The largest absolute Gasteiger partial charge is 0.397 e. The van der Waals surface area contributed by atoms with Crippen molar-refractivity contribution in [2.75, 3.05) is 44.8 Å². The number of carbonyl (C=O) groups excluding carboxylic acids is 1. The van der Waals surface area contributed by atoms with Gasteiger partial charge in [0, 0.05) is 19.6 Å². The standard InChI is InChI=1S/C13H20N4O/c1-16-7-8-17(2)12(9-16)13(18)15-11-6-4-3-5-10(11)14/h3-6,12H,7-9,14H2,1-2H3,(H,15,18). The van der Waals surface area contributed by atoms with Gasteiger partial charge in [0.25, 0.3) is 0 Å². The van der Waals surface area contributed by atoms with Crippen LogP contribution in [-0.2, 0) is 4.79 Å². The van der Waals surface area contributed by atoms with E-state index in [1.54, 1.807) is 6.07 Å². The van der Waals surface area contributed by atoms with Crippen LogP contribution in [-0.4, -0.2) is 55.5 Å². The predicted molar refractivity (Wildman–Crippen MR) is 73.4 cm³/mol. The van der Waals surface area contributed by atoms with Crippen LogP contribution >= 0.6 is 0 Å². The zero-order valence-electron chi connectivity index (χ0n) is 10.9. The zero-order valence-corrected chi connectivity index (χ0v) is 10.9. The number of piperazine rings is 1. The highest BCUT2D eigenvalue weighted by Crippen LogP contribution is 2.18. The van der Waals surface area contributed by atoms with Crippen molar-refractivity contribution in [3.8, 4) is 0 Å². The first-order valence-electron chi connectivity index (χ1n) is 6.12. The van der Waals surface area contributed by atoms with E-state index in [0.717, 1.165) is 19.6 Å². The number of amides is 1. The monoisotopic (exact) mass is 248 g/mol. The van der Waals surface area contributed by atoms with Crippen molar-refractivity contribution in [1.29, 1.82) is 0 Å². The van der Waals surface area contributed by atoms with Crippen molar-refractivity contribution in [2.24, 2.45) is 0 Å². The van der Waals surface area contributed by atoms with Crippen molar-refractivity contribution in [2.45, 2.75) is 6.04 Å². The molecule has 0 aliphatic carbocycles. The number of anilines is 2. The first-order chi connectivity index (χ1) is 8.58. The molecule has 1 heterocycles. The summed E-state index contributed by atoms with van der Waals surface area (Å²) in [4.78, 5) is 16.5. The minimum absolute atomic E-state index is 0.00181. The smallest absolute Gasteiger partial charge is 0.243 e. The molecule has 1 aromatic rings. The molecule has 1 saturated heterocycles. The molecule has 5 nitrogen and oxygen atoms in total. The lowest BCUT2D eigenvalue weighted by molar-refractivity contribution is -0.122. The van der Waals surface area contributed by atoms with Crippen molar-refractivity contribution >= 4 is 17.3 Å². The molecule has 1 unspecified atom stereocenters. The Hall–Kier alpha value is -1.59. The van der Waals surface area contributed by atoms with Gasteiger partial charge in [-0.05, 0) is 26.2 Å². The predicted octanol–water partition coefficient (Wildman–Crippen LogP) is 0.453. The quantitative estimate of drug-likeness (QED) is 0.746. The molecule has 0 saturated carbocycles. The Balaban J connectivity index is 2.05. The lowest BCUT2D eigenvalue weighted by Gasteiger charge is -2.36. The number of carbonyl (C=O) groups is 1. The van der Waals surface area contributed by atoms with Gasteiger partial charge in [-0.25, -0.2) is 0 Å². The molecule has 3 N–H and O–H groups in total. The van der Waals surface area contributed by atoms with Crippen LogP contribution in [0.2, 0.25) is 0 Å². The summed E-state index contributed by atoms with van der Waals surface area (Å²) in [6.45, 7) is 2.64. The number of likely N-dealkylation sites (N-methyl/N-ethyl adjacent to an activating group) is 2. The molecule has 1 aliphatic heterocycles. The van der Waals surface area contributed by atoms with Gasteiger partial charge in [-0.2, -0.15) is 0 Å².